The Morgan fingerprint density at radius 2 is 1.90 bits per heavy atom. The maximum atomic E-state index is 4.35. The fraction of sp³-hybridized carbons (Fsp3) is 0.400. The Morgan fingerprint density at radius 1 is 1.05 bits per heavy atom. The van der Waals surface area contributed by atoms with E-state index in [2.05, 4.69) is 32.5 Å². The highest BCUT2D eigenvalue weighted by Gasteiger charge is 2.09. The first-order chi connectivity index (χ1) is 9.85. The minimum absolute atomic E-state index is 0.813. The molecule has 2 rings (SSSR count). The Morgan fingerprint density at radius 3 is 2.60 bits per heavy atom. The Balaban J connectivity index is 2.01. The van der Waals surface area contributed by atoms with Gasteiger partial charge in [-0.25, -0.2) is 9.97 Å². The normalized spacial score (nSPS) is 10.3. The molecule has 0 spiro atoms. The summed E-state index contributed by atoms with van der Waals surface area (Å²) in [5.74, 6) is 1.82. The van der Waals surface area contributed by atoms with Crippen LogP contribution in [0.3, 0.4) is 0 Å². The molecule has 2 aromatic rings. The van der Waals surface area contributed by atoms with Crippen LogP contribution in [0.4, 0.5) is 11.6 Å². The molecule has 0 unspecified atom stereocenters. The van der Waals surface area contributed by atoms with Gasteiger partial charge < -0.3 is 10.6 Å². The Bertz CT molecular complexity index is 527. The molecule has 0 atom stereocenters. The van der Waals surface area contributed by atoms with Crippen LogP contribution >= 0.6 is 0 Å². The molecule has 0 bridgehead atoms. The predicted molar refractivity (Wildman–Crippen MR) is 82.0 cm³/mol. The SMILES string of the molecule is CCCc1c(NC)ncnc1NCCc1ccccn1. The van der Waals surface area contributed by atoms with Crippen molar-refractivity contribution in [1.82, 2.24) is 15.0 Å². The third-order valence-electron chi connectivity index (χ3n) is 3.08. The summed E-state index contributed by atoms with van der Waals surface area (Å²) >= 11 is 0. The first-order valence-corrected chi connectivity index (χ1v) is 7.00. The maximum absolute atomic E-state index is 4.35. The van der Waals surface area contributed by atoms with Crippen LogP contribution in [0.5, 0.6) is 0 Å². The highest BCUT2D eigenvalue weighted by Crippen LogP contribution is 2.21. The Labute approximate surface area is 119 Å². The number of hydrogen-bond acceptors (Lipinski definition) is 5. The largest absolute Gasteiger partial charge is 0.373 e. The molecule has 0 aliphatic carbocycles. The monoisotopic (exact) mass is 271 g/mol. The second-order valence-corrected chi connectivity index (χ2v) is 4.55. The van der Waals surface area contributed by atoms with Crippen LogP contribution in [0.15, 0.2) is 30.7 Å². The zero-order valence-electron chi connectivity index (χ0n) is 12.1. The van der Waals surface area contributed by atoms with E-state index in [1.54, 1.807) is 6.33 Å². The third kappa shape index (κ3) is 3.66. The molecule has 5 heteroatoms. The van der Waals surface area contributed by atoms with Gasteiger partial charge in [0.05, 0.1) is 0 Å². The molecule has 2 aromatic heterocycles. The van der Waals surface area contributed by atoms with E-state index in [0.717, 1.165) is 48.7 Å². The first kappa shape index (κ1) is 14.2. The molecule has 106 valence electrons. The third-order valence-corrected chi connectivity index (χ3v) is 3.08. The summed E-state index contributed by atoms with van der Waals surface area (Å²) in [6.07, 6.45) is 6.32. The van der Waals surface area contributed by atoms with Gasteiger partial charge in [-0.05, 0) is 18.6 Å². The molecule has 0 saturated carbocycles. The minimum Gasteiger partial charge on any atom is -0.373 e. The molecule has 2 heterocycles. The van der Waals surface area contributed by atoms with Crippen LogP contribution < -0.4 is 10.6 Å². The number of nitrogens with one attached hydrogen (secondary N) is 2. The van der Waals surface area contributed by atoms with Crippen LogP contribution in [0, 0.1) is 0 Å². The Hall–Kier alpha value is -2.17. The van der Waals surface area contributed by atoms with Gasteiger partial charge in [-0.3, -0.25) is 4.98 Å². The smallest absolute Gasteiger partial charge is 0.134 e. The average molecular weight is 271 g/mol. The average Bonchev–Trinajstić information content (AvgIpc) is 2.50. The second-order valence-electron chi connectivity index (χ2n) is 4.55. The van der Waals surface area contributed by atoms with Gasteiger partial charge in [-0.2, -0.15) is 0 Å². The fourth-order valence-corrected chi connectivity index (χ4v) is 2.12. The predicted octanol–water partition coefficient (Wildman–Crippen LogP) is 2.52. The van der Waals surface area contributed by atoms with Crippen LogP contribution in [-0.2, 0) is 12.8 Å². The van der Waals surface area contributed by atoms with Crippen LogP contribution in [0.1, 0.15) is 24.6 Å². The van der Waals surface area contributed by atoms with Crippen molar-refractivity contribution in [3.63, 3.8) is 0 Å². The van der Waals surface area contributed by atoms with Gasteiger partial charge in [0, 0.05) is 37.5 Å². The summed E-state index contributed by atoms with van der Waals surface area (Å²) in [6.45, 7) is 2.97. The molecule has 0 aliphatic rings. The number of rotatable bonds is 7. The van der Waals surface area contributed by atoms with Gasteiger partial charge in [-0.15, -0.1) is 0 Å². The summed E-state index contributed by atoms with van der Waals surface area (Å²) < 4.78 is 0. The van der Waals surface area contributed by atoms with Gasteiger partial charge in [-0.1, -0.05) is 19.4 Å². The van der Waals surface area contributed by atoms with Crippen LogP contribution in [-0.4, -0.2) is 28.5 Å². The molecule has 5 nitrogen and oxygen atoms in total. The van der Waals surface area contributed by atoms with Crippen molar-refractivity contribution in [2.45, 2.75) is 26.2 Å². The van der Waals surface area contributed by atoms with E-state index in [4.69, 9.17) is 0 Å². The van der Waals surface area contributed by atoms with Gasteiger partial charge in [0.15, 0.2) is 0 Å². The lowest BCUT2D eigenvalue weighted by Gasteiger charge is -2.13. The van der Waals surface area contributed by atoms with E-state index in [-0.39, 0.29) is 0 Å². The lowest BCUT2D eigenvalue weighted by molar-refractivity contribution is 0.890. The maximum Gasteiger partial charge on any atom is 0.134 e. The van der Waals surface area contributed by atoms with Gasteiger partial charge in [0.2, 0.25) is 0 Å². The molecule has 0 radical (unpaired) electrons. The topological polar surface area (TPSA) is 62.7 Å². The van der Waals surface area contributed by atoms with E-state index in [0.29, 0.717) is 0 Å². The zero-order valence-corrected chi connectivity index (χ0v) is 12.1. The van der Waals surface area contributed by atoms with Crippen molar-refractivity contribution < 1.29 is 0 Å². The number of hydrogen-bond donors (Lipinski definition) is 2. The molecule has 0 fully saturated rings. The molecule has 2 N–H and O–H groups in total. The molecule has 20 heavy (non-hydrogen) atoms. The minimum atomic E-state index is 0.813. The summed E-state index contributed by atoms with van der Waals surface area (Å²) in [7, 11) is 1.89. The number of anilines is 2. The van der Waals surface area contributed by atoms with Crippen molar-refractivity contribution >= 4 is 11.6 Å². The van der Waals surface area contributed by atoms with E-state index in [9.17, 15) is 0 Å². The zero-order chi connectivity index (χ0) is 14.2. The van der Waals surface area contributed by atoms with Crippen molar-refractivity contribution in [3.8, 4) is 0 Å². The van der Waals surface area contributed by atoms with Crippen molar-refractivity contribution in [1.29, 1.82) is 0 Å². The van der Waals surface area contributed by atoms with Gasteiger partial charge in [0.25, 0.3) is 0 Å². The summed E-state index contributed by atoms with van der Waals surface area (Å²) in [6, 6.07) is 5.97. The van der Waals surface area contributed by atoms with Crippen molar-refractivity contribution in [3.05, 3.63) is 42.0 Å². The highest BCUT2D eigenvalue weighted by molar-refractivity contribution is 5.57. The lowest BCUT2D eigenvalue weighted by atomic mass is 10.1. The number of pyridine rings is 1. The molecule has 0 amide bonds. The molecular formula is C15H21N5. The number of nitrogens with zero attached hydrogens (tertiary/aromatic N) is 3. The highest BCUT2D eigenvalue weighted by atomic mass is 15.1. The fourth-order valence-electron chi connectivity index (χ4n) is 2.12. The number of aromatic nitrogens is 3. The van der Waals surface area contributed by atoms with Gasteiger partial charge in [0.1, 0.15) is 18.0 Å². The Kier molecular flexibility index (Phi) is 5.29. The molecule has 0 aliphatic heterocycles. The molecular weight excluding hydrogens is 250 g/mol. The van der Waals surface area contributed by atoms with Crippen molar-refractivity contribution in [2.24, 2.45) is 0 Å². The lowest BCUT2D eigenvalue weighted by Crippen LogP contribution is -2.11. The second kappa shape index (κ2) is 7.43. The van der Waals surface area contributed by atoms with Crippen LogP contribution in [0.25, 0.3) is 0 Å². The van der Waals surface area contributed by atoms with E-state index in [1.807, 2.05) is 31.4 Å². The summed E-state index contributed by atoms with van der Waals surface area (Å²) in [5.41, 5.74) is 2.23. The van der Waals surface area contributed by atoms with Gasteiger partial charge >= 0.3 is 0 Å². The van der Waals surface area contributed by atoms with Crippen molar-refractivity contribution in [2.75, 3.05) is 24.2 Å². The summed E-state index contributed by atoms with van der Waals surface area (Å²) in [5, 5.41) is 6.52. The van der Waals surface area contributed by atoms with E-state index >= 15 is 0 Å². The van der Waals surface area contributed by atoms with Crippen LogP contribution in [0.2, 0.25) is 0 Å². The first-order valence-electron chi connectivity index (χ1n) is 7.00. The molecule has 0 aromatic carbocycles. The quantitative estimate of drug-likeness (QED) is 0.810. The summed E-state index contributed by atoms with van der Waals surface area (Å²) in [4.78, 5) is 12.9. The molecule has 0 saturated heterocycles. The standard InChI is InChI=1S/C15H21N5/c1-3-6-13-14(16-2)19-11-20-15(13)18-10-8-12-7-4-5-9-17-12/h4-5,7,9,11H,3,6,8,10H2,1-2H3,(H2,16,18,19,20). The van der Waals surface area contributed by atoms with E-state index < -0.39 is 0 Å². The van der Waals surface area contributed by atoms with E-state index in [1.165, 1.54) is 0 Å².